The molecule has 1 aliphatic carbocycles. The van der Waals surface area contributed by atoms with Crippen molar-refractivity contribution in [3.05, 3.63) is 58.3 Å². The minimum atomic E-state index is -0.0916. The van der Waals surface area contributed by atoms with Gasteiger partial charge >= 0.3 is 6.03 Å². The van der Waals surface area contributed by atoms with Gasteiger partial charge in [0.15, 0.2) is 0 Å². The highest BCUT2D eigenvalue weighted by Crippen LogP contribution is 2.30. The summed E-state index contributed by atoms with van der Waals surface area (Å²) in [5.41, 5.74) is 1.09. The highest BCUT2D eigenvalue weighted by molar-refractivity contribution is 7.09. The van der Waals surface area contributed by atoms with Crippen LogP contribution >= 0.6 is 11.3 Å². The first-order valence-electron chi connectivity index (χ1n) is 9.33. The fraction of sp³-hybridized carbons (Fsp3) is 0.429. The minimum absolute atomic E-state index is 0.0110. The molecule has 144 valence electrons. The van der Waals surface area contributed by atoms with E-state index < -0.39 is 0 Å². The van der Waals surface area contributed by atoms with Crippen LogP contribution in [-0.2, 0) is 17.9 Å². The summed E-state index contributed by atoms with van der Waals surface area (Å²) in [6.45, 7) is 1.91. The molecule has 3 amide bonds. The minimum Gasteiger partial charge on any atom is -0.332 e. The molecule has 0 bridgehead atoms. The molecule has 0 N–H and O–H groups in total. The molecular formula is C21H27N3O2S. The number of hydrogen-bond acceptors (Lipinski definition) is 3. The SMILES string of the molecule is CN(C)C(=O)N(CC(=O)N(Cc1ccccc1)Cc1cccs1)CC1CC1. The van der Waals surface area contributed by atoms with Crippen molar-refractivity contribution in [2.75, 3.05) is 27.2 Å². The molecule has 2 aromatic rings. The number of thiophene rings is 1. The van der Waals surface area contributed by atoms with E-state index in [1.807, 2.05) is 52.7 Å². The van der Waals surface area contributed by atoms with Crippen LogP contribution in [0.1, 0.15) is 23.3 Å². The predicted octanol–water partition coefficient (Wildman–Crippen LogP) is 3.67. The number of amides is 3. The summed E-state index contributed by atoms with van der Waals surface area (Å²) in [4.78, 5) is 31.9. The standard InChI is InChI=1S/C21H27N3O2S/c1-22(2)21(26)24(14-18-10-11-18)16-20(25)23(15-19-9-6-12-27-19)13-17-7-4-3-5-8-17/h3-9,12,18H,10-11,13-16H2,1-2H3. The summed E-state index contributed by atoms with van der Waals surface area (Å²) >= 11 is 1.65. The molecule has 1 heterocycles. The van der Waals surface area contributed by atoms with Crippen LogP contribution in [-0.4, -0.2) is 53.8 Å². The zero-order chi connectivity index (χ0) is 19.2. The molecule has 6 heteroatoms. The lowest BCUT2D eigenvalue weighted by Gasteiger charge is -2.29. The van der Waals surface area contributed by atoms with Gasteiger partial charge < -0.3 is 14.7 Å². The fourth-order valence-corrected chi connectivity index (χ4v) is 3.71. The van der Waals surface area contributed by atoms with Gasteiger partial charge in [-0.3, -0.25) is 4.79 Å². The molecule has 1 fully saturated rings. The zero-order valence-electron chi connectivity index (χ0n) is 16.0. The van der Waals surface area contributed by atoms with Crippen LogP contribution in [0.5, 0.6) is 0 Å². The van der Waals surface area contributed by atoms with Gasteiger partial charge in [0, 0.05) is 32.1 Å². The normalized spacial score (nSPS) is 13.3. The Bertz CT molecular complexity index is 742. The third-order valence-electron chi connectivity index (χ3n) is 4.65. The average Bonchev–Trinajstić information content (AvgIpc) is 3.33. The average molecular weight is 386 g/mol. The molecule has 0 spiro atoms. The van der Waals surface area contributed by atoms with Crippen molar-refractivity contribution in [3.63, 3.8) is 0 Å². The van der Waals surface area contributed by atoms with Gasteiger partial charge in [-0.15, -0.1) is 11.3 Å². The number of urea groups is 1. The maximum atomic E-state index is 13.1. The summed E-state index contributed by atoms with van der Waals surface area (Å²) in [5, 5.41) is 2.02. The Morgan fingerprint density at radius 3 is 2.33 bits per heavy atom. The number of carbonyl (C=O) groups excluding carboxylic acids is 2. The first-order chi connectivity index (χ1) is 13.0. The smallest absolute Gasteiger partial charge is 0.319 e. The Kier molecular flexibility index (Phi) is 6.50. The van der Waals surface area contributed by atoms with Crippen LogP contribution in [0.3, 0.4) is 0 Å². The first kappa shape index (κ1) is 19.4. The van der Waals surface area contributed by atoms with E-state index in [-0.39, 0.29) is 18.5 Å². The lowest BCUT2D eigenvalue weighted by Crippen LogP contribution is -2.46. The van der Waals surface area contributed by atoms with E-state index in [1.54, 1.807) is 35.2 Å². The van der Waals surface area contributed by atoms with Crippen LogP contribution in [0.4, 0.5) is 4.79 Å². The zero-order valence-corrected chi connectivity index (χ0v) is 16.8. The van der Waals surface area contributed by atoms with Crippen molar-refractivity contribution in [1.29, 1.82) is 0 Å². The molecule has 5 nitrogen and oxygen atoms in total. The molecule has 1 aromatic carbocycles. The lowest BCUT2D eigenvalue weighted by molar-refractivity contribution is -0.133. The third-order valence-corrected chi connectivity index (χ3v) is 5.51. The second kappa shape index (κ2) is 9.04. The first-order valence-corrected chi connectivity index (χ1v) is 10.2. The quantitative estimate of drug-likeness (QED) is 0.696. The molecule has 1 saturated carbocycles. The third kappa shape index (κ3) is 5.82. The van der Waals surface area contributed by atoms with Gasteiger partial charge in [-0.05, 0) is 35.8 Å². The van der Waals surface area contributed by atoms with Gasteiger partial charge in [0.2, 0.25) is 5.91 Å². The number of hydrogen-bond donors (Lipinski definition) is 0. The number of carbonyl (C=O) groups is 2. The maximum Gasteiger partial charge on any atom is 0.319 e. The predicted molar refractivity (Wildman–Crippen MR) is 108 cm³/mol. The van der Waals surface area contributed by atoms with Gasteiger partial charge in [-0.2, -0.15) is 0 Å². The Hall–Kier alpha value is -2.34. The van der Waals surface area contributed by atoms with Crippen LogP contribution < -0.4 is 0 Å². The monoisotopic (exact) mass is 385 g/mol. The summed E-state index contributed by atoms with van der Waals surface area (Å²) < 4.78 is 0. The molecule has 3 rings (SSSR count). The molecule has 0 saturated heterocycles. The Labute approximate surface area is 165 Å². The van der Waals surface area contributed by atoms with Crippen molar-refractivity contribution in [2.45, 2.75) is 25.9 Å². The highest BCUT2D eigenvalue weighted by atomic mass is 32.1. The van der Waals surface area contributed by atoms with Crippen LogP contribution in [0, 0.1) is 5.92 Å². The topological polar surface area (TPSA) is 43.9 Å². The van der Waals surface area contributed by atoms with E-state index >= 15 is 0 Å². The Morgan fingerprint density at radius 2 is 1.74 bits per heavy atom. The van der Waals surface area contributed by atoms with Gasteiger partial charge in [0.05, 0.1) is 6.54 Å². The number of rotatable bonds is 8. The molecule has 0 aliphatic heterocycles. The van der Waals surface area contributed by atoms with Crippen molar-refractivity contribution >= 4 is 23.3 Å². The van der Waals surface area contributed by atoms with Crippen molar-refractivity contribution in [3.8, 4) is 0 Å². The van der Waals surface area contributed by atoms with Crippen LogP contribution in [0.15, 0.2) is 47.8 Å². The van der Waals surface area contributed by atoms with Crippen molar-refractivity contribution in [2.24, 2.45) is 5.92 Å². The largest absolute Gasteiger partial charge is 0.332 e. The van der Waals surface area contributed by atoms with Gasteiger partial charge in [0.1, 0.15) is 6.54 Å². The molecule has 1 aromatic heterocycles. The number of benzene rings is 1. The van der Waals surface area contributed by atoms with E-state index in [1.165, 1.54) is 0 Å². The molecule has 0 radical (unpaired) electrons. The van der Waals surface area contributed by atoms with Crippen LogP contribution in [0.2, 0.25) is 0 Å². The van der Waals surface area contributed by atoms with Crippen molar-refractivity contribution in [1.82, 2.24) is 14.7 Å². The van der Waals surface area contributed by atoms with Gasteiger partial charge in [-0.25, -0.2) is 4.79 Å². The molecule has 0 atom stereocenters. The second-order valence-electron chi connectivity index (χ2n) is 7.32. The Morgan fingerprint density at radius 1 is 1.00 bits per heavy atom. The lowest BCUT2D eigenvalue weighted by atomic mass is 10.2. The summed E-state index contributed by atoms with van der Waals surface area (Å²) in [6.07, 6.45) is 2.29. The summed E-state index contributed by atoms with van der Waals surface area (Å²) in [6, 6.07) is 14.0. The maximum absolute atomic E-state index is 13.1. The fourth-order valence-electron chi connectivity index (χ4n) is 3.00. The molecule has 1 aliphatic rings. The van der Waals surface area contributed by atoms with Gasteiger partial charge in [-0.1, -0.05) is 36.4 Å². The van der Waals surface area contributed by atoms with E-state index in [2.05, 4.69) is 0 Å². The molecular weight excluding hydrogens is 358 g/mol. The summed E-state index contributed by atoms with van der Waals surface area (Å²) in [5.74, 6) is 0.532. The van der Waals surface area contributed by atoms with Crippen molar-refractivity contribution < 1.29 is 9.59 Å². The molecule has 27 heavy (non-hydrogen) atoms. The second-order valence-corrected chi connectivity index (χ2v) is 8.35. The van der Waals surface area contributed by atoms with E-state index in [9.17, 15) is 9.59 Å². The van der Waals surface area contributed by atoms with E-state index in [0.29, 0.717) is 25.6 Å². The summed E-state index contributed by atoms with van der Waals surface area (Å²) in [7, 11) is 3.47. The highest BCUT2D eigenvalue weighted by Gasteiger charge is 2.30. The molecule has 0 unspecified atom stereocenters. The Balaban J connectivity index is 1.72. The van der Waals surface area contributed by atoms with E-state index in [4.69, 9.17) is 0 Å². The van der Waals surface area contributed by atoms with Gasteiger partial charge in [0.25, 0.3) is 0 Å². The number of nitrogens with zero attached hydrogens (tertiary/aromatic N) is 3. The van der Waals surface area contributed by atoms with E-state index in [0.717, 1.165) is 23.3 Å². The van der Waals surface area contributed by atoms with Crippen LogP contribution in [0.25, 0.3) is 0 Å².